The summed E-state index contributed by atoms with van der Waals surface area (Å²) in [5.41, 5.74) is 0.303. The third-order valence-corrected chi connectivity index (χ3v) is 3.56. The van der Waals surface area contributed by atoms with Crippen molar-refractivity contribution in [2.75, 3.05) is 19.7 Å². The highest BCUT2D eigenvalue weighted by atomic mass is 16.6. The molecule has 1 atom stereocenters. The molecule has 27 heavy (non-hydrogen) atoms. The summed E-state index contributed by atoms with van der Waals surface area (Å²) in [5.74, 6) is 0. The van der Waals surface area contributed by atoms with Crippen molar-refractivity contribution in [3.05, 3.63) is 35.9 Å². The lowest BCUT2D eigenvalue weighted by molar-refractivity contribution is 0.0227. The van der Waals surface area contributed by atoms with Gasteiger partial charge in [0.2, 0.25) is 0 Å². The zero-order valence-electron chi connectivity index (χ0n) is 16.7. The third kappa shape index (κ3) is 10.5. The van der Waals surface area contributed by atoms with E-state index in [-0.39, 0.29) is 19.3 Å². The fourth-order valence-electron chi connectivity index (χ4n) is 2.34. The van der Waals surface area contributed by atoms with Crippen LogP contribution in [0.3, 0.4) is 0 Å². The fourth-order valence-corrected chi connectivity index (χ4v) is 2.34. The zero-order valence-corrected chi connectivity index (χ0v) is 16.7. The van der Waals surface area contributed by atoms with Gasteiger partial charge >= 0.3 is 12.2 Å². The van der Waals surface area contributed by atoms with E-state index in [2.05, 4.69) is 5.32 Å². The van der Waals surface area contributed by atoms with Gasteiger partial charge in [-0.2, -0.15) is 0 Å². The van der Waals surface area contributed by atoms with E-state index in [0.29, 0.717) is 25.9 Å². The summed E-state index contributed by atoms with van der Waals surface area (Å²) in [6.45, 7) is 8.21. The van der Waals surface area contributed by atoms with E-state index >= 15 is 0 Å². The lowest BCUT2D eigenvalue weighted by Crippen LogP contribution is -2.46. The van der Waals surface area contributed by atoms with Gasteiger partial charge in [0, 0.05) is 25.7 Å². The minimum atomic E-state index is -0.600. The van der Waals surface area contributed by atoms with Gasteiger partial charge in [-0.3, -0.25) is 0 Å². The molecule has 0 aliphatic rings. The first kappa shape index (κ1) is 22.8. The van der Waals surface area contributed by atoms with Crippen LogP contribution in [0.4, 0.5) is 9.59 Å². The van der Waals surface area contributed by atoms with Crippen LogP contribution in [-0.4, -0.2) is 53.5 Å². The highest BCUT2D eigenvalue weighted by molar-refractivity contribution is 5.69. The number of benzene rings is 1. The van der Waals surface area contributed by atoms with Crippen LogP contribution in [0.25, 0.3) is 0 Å². The lowest BCUT2D eigenvalue weighted by Gasteiger charge is -2.29. The summed E-state index contributed by atoms with van der Waals surface area (Å²) in [6.07, 6.45) is 0.277. The molecule has 2 N–H and O–H groups in total. The smallest absolute Gasteiger partial charge is 0.410 e. The van der Waals surface area contributed by atoms with Crippen LogP contribution in [-0.2, 0) is 16.1 Å². The molecule has 7 heteroatoms. The Labute approximate surface area is 161 Å². The average molecular weight is 380 g/mol. The van der Waals surface area contributed by atoms with E-state index in [1.807, 2.05) is 30.3 Å². The minimum absolute atomic E-state index is 0.0712. The Morgan fingerprint density at radius 3 is 2.44 bits per heavy atom. The maximum atomic E-state index is 12.4. The van der Waals surface area contributed by atoms with Crippen molar-refractivity contribution in [3.8, 4) is 0 Å². The third-order valence-electron chi connectivity index (χ3n) is 3.56. The zero-order chi connectivity index (χ0) is 20.3. The molecule has 2 amide bonds. The molecule has 0 aliphatic carbocycles. The Morgan fingerprint density at radius 2 is 1.85 bits per heavy atom. The van der Waals surface area contributed by atoms with Crippen molar-refractivity contribution in [1.82, 2.24) is 10.2 Å². The summed E-state index contributed by atoms with van der Waals surface area (Å²) in [4.78, 5) is 25.9. The first-order chi connectivity index (χ1) is 12.7. The number of nitrogens with one attached hydrogen (secondary N) is 1. The number of hydrogen-bond donors (Lipinski definition) is 2. The highest BCUT2D eigenvalue weighted by Crippen LogP contribution is 2.11. The van der Waals surface area contributed by atoms with Crippen molar-refractivity contribution >= 4 is 12.2 Å². The molecule has 0 aliphatic heterocycles. The normalized spacial score (nSPS) is 12.2. The SMILES string of the molecule is C[C@@H](CN(CCCCO)C(=O)OC(C)(C)C)NC(=O)OCc1ccccc1. The summed E-state index contributed by atoms with van der Waals surface area (Å²) in [6, 6.07) is 9.10. The van der Waals surface area contributed by atoms with Crippen LogP contribution < -0.4 is 5.32 Å². The minimum Gasteiger partial charge on any atom is -0.445 e. The van der Waals surface area contributed by atoms with Crippen molar-refractivity contribution in [1.29, 1.82) is 0 Å². The van der Waals surface area contributed by atoms with Gasteiger partial charge < -0.3 is 24.8 Å². The van der Waals surface area contributed by atoms with E-state index < -0.39 is 17.8 Å². The van der Waals surface area contributed by atoms with Crippen LogP contribution in [0.2, 0.25) is 0 Å². The quantitative estimate of drug-likeness (QED) is 0.642. The number of carbonyl (C=O) groups is 2. The van der Waals surface area contributed by atoms with E-state index in [9.17, 15) is 9.59 Å². The van der Waals surface area contributed by atoms with E-state index in [1.54, 1.807) is 32.6 Å². The Kier molecular flexibility index (Phi) is 9.64. The number of aliphatic hydroxyl groups excluding tert-OH is 1. The molecule has 152 valence electrons. The largest absolute Gasteiger partial charge is 0.445 e. The second kappa shape index (κ2) is 11.4. The number of unbranched alkanes of at least 4 members (excludes halogenated alkanes) is 1. The van der Waals surface area contributed by atoms with Crippen LogP contribution in [0, 0.1) is 0 Å². The Hall–Kier alpha value is -2.28. The van der Waals surface area contributed by atoms with Gasteiger partial charge in [0.15, 0.2) is 0 Å². The molecule has 1 rings (SSSR count). The molecule has 0 spiro atoms. The Balaban J connectivity index is 2.51. The van der Waals surface area contributed by atoms with Crippen molar-refractivity contribution < 1.29 is 24.2 Å². The predicted molar refractivity (Wildman–Crippen MR) is 103 cm³/mol. The number of alkyl carbamates (subject to hydrolysis) is 1. The second-order valence-electron chi connectivity index (χ2n) is 7.46. The van der Waals surface area contributed by atoms with Gasteiger partial charge in [0.05, 0.1) is 0 Å². The number of carbonyl (C=O) groups excluding carboxylic acids is 2. The monoisotopic (exact) mass is 380 g/mol. The topological polar surface area (TPSA) is 88.1 Å². The first-order valence-corrected chi connectivity index (χ1v) is 9.27. The summed E-state index contributed by atoms with van der Waals surface area (Å²) in [7, 11) is 0. The second-order valence-corrected chi connectivity index (χ2v) is 7.46. The molecule has 0 aromatic heterocycles. The van der Waals surface area contributed by atoms with Crippen molar-refractivity contribution in [2.24, 2.45) is 0 Å². The molecule has 1 aromatic rings. The van der Waals surface area contributed by atoms with Gasteiger partial charge in [-0.05, 0) is 46.1 Å². The standard InChI is InChI=1S/C20H32N2O5/c1-16(21-18(24)26-15-17-10-6-5-7-11-17)14-22(12-8-9-13-23)19(25)27-20(2,3)4/h5-7,10-11,16,23H,8-9,12-15H2,1-4H3,(H,21,24)/t16-/m0/s1. The molecule has 0 radical (unpaired) electrons. The molecule has 0 saturated carbocycles. The van der Waals surface area contributed by atoms with Gasteiger partial charge in [0.25, 0.3) is 0 Å². The molecular weight excluding hydrogens is 348 g/mol. The van der Waals surface area contributed by atoms with Gasteiger partial charge in [0.1, 0.15) is 12.2 Å². The van der Waals surface area contributed by atoms with Gasteiger partial charge in [-0.15, -0.1) is 0 Å². The molecule has 0 bridgehead atoms. The summed E-state index contributed by atoms with van der Waals surface area (Å²) in [5, 5.41) is 11.7. The predicted octanol–water partition coefficient (Wildman–Crippen LogP) is 3.31. The molecule has 0 unspecified atom stereocenters. The number of nitrogens with zero attached hydrogens (tertiary/aromatic N) is 1. The van der Waals surface area contributed by atoms with Crippen LogP contribution in [0.1, 0.15) is 46.1 Å². The van der Waals surface area contributed by atoms with Gasteiger partial charge in [-0.25, -0.2) is 9.59 Å². The number of ether oxygens (including phenoxy) is 2. The maximum Gasteiger partial charge on any atom is 0.410 e. The molecule has 0 heterocycles. The molecule has 1 aromatic carbocycles. The fraction of sp³-hybridized carbons (Fsp3) is 0.600. The number of rotatable bonds is 9. The average Bonchev–Trinajstić information content (AvgIpc) is 2.58. The van der Waals surface area contributed by atoms with Gasteiger partial charge in [-0.1, -0.05) is 30.3 Å². The Bertz CT molecular complexity index is 571. The number of aliphatic hydroxyl groups is 1. The maximum absolute atomic E-state index is 12.4. The summed E-state index contributed by atoms with van der Waals surface area (Å²) >= 11 is 0. The molecule has 0 saturated heterocycles. The van der Waals surface area contributed by atoms with E-state index in [0.717, 1.165) is 5.56 Å². The highest BCUT2D eigenvalue weighted by Gasteiger charge is 2.24. The molecular formula is C20H32N2O5. The number of hydrogen-bond acceptors (Lipinski definition) is 5. The van der Waals surface area contributed by atoms with Crippen LogP contribution in [0.15, 0.2) is 30.3 Å². The number of amides is 2. The van der Waals surface area contributed by atoms with Crippen LogP contribution in [0.5, 0.6) is 0 Å². The first-order valence-electron chi connectivity index (χ1n) is 9.27. The lowest BCUT2D eigenvalue weighted by atomic mass is 10.2. The van der Waals surface area contributed by atoms with Crippen molar-refractivity contribution in [3.63, 3.8) is 0 Å². The van der Waals surface area contributed by atoms with E-state index in [1.165, 1.54) is 0 Å². The van der Waals surface area contributed by atoms with E-state index in [4.69, 9.17) is 14.6 Å². The Morgan fingerprint density at radius 1 is 1.19 bits per heavy atom. The molecule has 0 fully saturated rings. The molecule has 7 nitrogen and oxygen atoms in total. The summed E-state index contributed by atoms with van der Waals surface area (Å²) < 4.78 is 10.6. The van der Waals surface area contributed by atoms with Crippen LogP contribution >= 0.6 is 0 Å². The van der Waals surface area contributed by atoms with Crippen molar-refractivity contribution in [2.45, 2.75) is 58.8 Å².